The second-order valence-electron chi connectivity index (χ2n) is 6.83. The second kappa shape index (κ2) is 7.48. The number of hydrogen-bond donors (Lipinski definition) is 0. The fraction of sp³-hybridized carbons (Fsp3) is 0.182. The number of thiophene rings is 1. The zero-order valence-corrected chi connectivity index (χ0v) is 16.9. The van der Waals surface area contributed by atoms with Crippen LogP contribution in [0.3, 0.4) is 0 Å². The van der Waals surface area contributed by atoms with E-state index in [9.17, 15) is 4.79 Å². The van der Waals surface area contributed by atoms with Gasteiger partial charge in [0.15, 0.2) is 17.8 Å². The van der Waals surface area contributed by atoms with Gasteiger partial charge in [-0.3, -0.25) is 9.69 Å². The molecule has 142 valence electrons. The first-order valence-corrected chi connectivity index (χ1v) is 9.98. The molecule has 0 N–H and O–H groups in total. The summed E-state index contributed by atoms with van der Waals surface area (Å²) in [5.41, 5.74) is 3.00. The highest BCUT2D eigenvalue weighted by Crippen LogP contribution is 2.40. The Bertz CT molecular complexity index is 981. The summed E-state index contributed by atoms with van der Waals surface area (Å²) in [4.78, 5) is 17.7. The number of carbonyl (C=O) groups is 1. The molecule has 0 saturated carbocycles. The van der Waals surface area contributed by atoms with Crippen molar-refractivity contribution in [3.8, 4) is 0 Å². The Balaban J connectivity index is 1.84. The lowest BCUT2D eigenvalue weighted by Gasteiger charge is -2.31. The lowest BCUT2D eigenvalue weighted by atomic mass is 10.2. The number of Topliss-reactive ketones (excluding diaryl/α,β-unsaturated/α-hetero) is 1. The van der Waals surface area contributed by atoms with Crippen LogP contribution in [0.15, 0.2) is 77.2 Å². The lowest BCUT2D eigenvalue weighted by molar-refractivity contribution is -0.111. The van der Waals surface area contributed by atoms with Gasteiger partial charge in [-0.2, -0.15) is 0 Å². The lowest BCUT2D eigenvalue weighted by Crippen LogP contribution is -2.37. The number of anilines is 3. The van der Waals surface area contributed by atoms with Crippen molar-refractivity contribution in [3.05, 3.63) is 77.0 Å². The summed E-state index contributed by atoms with van der Waals surface area (Å²) >= 11 is 1.66. The van der Waals surface area contributed by atoms with Crippen molar-refractivity contribution in [1.29, 1.82) is 0 Å². The maximum Gasteiger partial charge on any atom is 0.198 e. The van der Waals surface area contributed by atoms with Gasteiger partial charge in [0.1, 0.15) is 0 Å². The van der Waals surface area contributed by atoms with Crippen LogP contribution in [0.1, 0.15) is 18.0 Å². The van der Waals surface area contributed by atoms with Gasteiger partial charge in [0.25, 0.3) is 0 Å². The monoisotopic (exact) mass is 390 g/mol. The molecule has 0 bridgehead atoms. The van der Waals surface area contributed by atoms with E-state index in [0.29, 0.717) is 5.84 Å². The summed E-state index contributed by atoms with van der Waals surface area (Å²) in [5, 5.41) is 8.72. The minimum Gasteiger partial charge on any atom is -0.378 e. The summed E-state index contributed by atoms with van der Waals surface area (Å²) in [5.74, 6) is 0.386. The molecule has 0 radical (unpaired) electrons. The van der Waals surface area contributed by atoms with Crippen molar-refractivity contribution in [3.63, 3.8) is 0 Å². The van der Waals surface area contributed by atoms with Crippen LogP contribution in [0, 0.1) is 0 Å². The number of nitrogens with zero attached hydrogens (tertiary/aromatic N) is 4. The minimum atomic E-state index is -0.202. The largest absolute Gasteiger partial charge is 0.378 e. The molecule has 1 aromatic heterocycles. The third-order valence-corrected chi connectivity index (χ3v) is 5.60. The fourth-order valence-corrected chi connectivity index (χ4v) is 4.11. The summed E-state index contributed by atoms with van der Waals surface area (Å²) < 4.78 is 0. The molecule has 0 aliphatic carbocycles. The molecule has 0 unspecified atom stereocenters. The number of rotatable bonds is 5. The maximum atomic E-state index is 12.5. The first-order chi connectivity index (χ1) is 13.6. The van der Waals surface area contributed by atoms with E-state index in [0.717, 1.165) is 21.9 Å². The van der Waals surface area contributed by atoms with Crippen LogP contribution in [-0.4, -0.2) is 25.7 Å². The summed E-state index contributed by atoms with van der Waals surface area (Å²) in [7, 11) is 4.03. The van der Waals surface area contributed by atoms with Crippen molar-refractivity contribution in [2.24, 2.45) is 5.10 Å². The molecule has 0 amide bonds. The van der Waals surface area contributed by atoms with Gasteiger partial charge in [-0.1, -0.05) is 24.3 Å². The van der Waals surface area contributed by atoms with E-state index in [1.54, 1.807) is 18.3 Å². The molecule has 1 aliphatic rings. The molecule has 2 heterocycles. The van der Waals surface area contributed by atoms with Crippen molar-refractivity contribution in [1.82, 2.24) is 0 Å². The summed E-state index contributed by atoms with van der Waals surface area (Å²) in [6.45, 7) is 1.57. The van der Waals surface area contributed by atoms with Gasteiger partial charge < -0.3 is 4.90 Å². The van der Waals surface area contributed by atoms with Crippen LogP contribution >= 0.6 is 11.3 Å². The Hall–Kier alpha value is -3.12. The molecular formula is C22H22N4OS. The number of hydrazone groups is 1. The summed E-state index contributed by atoms with van der Waals surface area (Å²) in [6, 6.07) is 22.3. The highest BCUT2D eigenvalue weighted by atomic mass is 32.1. The maximum absolute atomic E-state index is 12.5. The van der Waals surface area contributed by atoms with Gasteiger partial charge in [0, 0.05) is 37.3 Å². The highest BCUT2D eigenvalue weighted by Gasteiger charge is 2.39. The Labute approximate surface area is 169 Å². The predicted molar refractivity (Wildman–Crippen MR) is 117 cm³/mol. The SMILES string of the molecule is CC(=O)C1=NN(c2ccccc2)[C@@H](c2cccs2)N1c1ccc(N(C)C)cc1. The standard InChI is InChI=1S/C22H22N4OS/c1-16(27)21-23-26(19-8-5-4-6-9-19)22(20-10-7-15-28-20)25(21)18-13-11-17(12-14-18)24(2)3/h4-15,22H,1-3H3/t22-/m0/s1. The van der Waals surface area contributed by atoms with E-state index in [4.69, 9.17) is 5.10 Å². The average molecular weight is 391 g/mol. The van der Waals surface area contributed by atoms with Crippen LogP contribution in [0.2, 0.25) is 0 Å². The van der Waals surface area contributed by atoms with Gasteiger partial charge in [0.05, 0.1) is 5.69 Å². The molecule has 1 aliphatic heterocycles. The average Bonchev–Trinajstić information content (AvgIpc) is 3.36. The fourth-order valence-electron chi connectivity index (χ4n) is 3.31. The predicted octanol–water partition coefficient (Wildman–Crippen LogP) is 4.74. The van der Waals surface area contributed by atoms with Crippen molar-refractivity contribution in [2.75, 3.05) is 28.9 Å². The quantitative estimate of drug-likeness (QED) is 0.631. The molecule has 2 aromatic carbocycles. The molecular weight excluding hydrogens is 368 g/mol. The number of benzene rings is 2. The number of carbonyl (C=O) groups excluding carboxylic acids is 1. The normalized spacial score (nSPS) is 16.2. The zero-order chi connectivity index (χ0) is 19.7. The van der Waals surface area contributed by atoms with E-state index < -0.39 is 0 Å². The van der Waals surface area contributed by atoms with Crippen LogP contribution < -0.4 is 14.8 Å². The molecule has 0 fully saturated rings. The van der Waals surface area contributed by atoms with E-state index in [1.807, 2.05) is 72.5 Å². The molecule has 1 atom stereocenters. The van der Waals surface area contributed by atoms with Crippen molar-refractivity contribution in [2.45, 2.75) is 13.1 Å². The van der Waals surface area contributed by atoms with Gasteiger partial charge in [-0.05, 0) is 47.8 Å². The molecule has 6 heteroatoms. The third kappa shape index (κ3) is 3.27. The van der Waals surface area contributed by atoms with Gasteiger partial charge in [0.2, 0.25) is 0 Å². The number of ketones is 1. The first-order valence-electron chi connectivity index (χ1n) is 9.10. The van der Waals surface area contributed by atoms with Crippen molar-refractivity contribution < 1.29 is 4.79 Å². The van der Waals surface area contributed by atoms with E-state index in [1.165, 1.54) is 0 Å². The van der Waals surface area contributed by atoms with Crippen LogP contribution in [-0.2, 0) is 4.79 Å². The Kier molecular flexibility index (Phi) is 4.88. The first kappa shape index (κ1) is 18.3. The zero-order valence-electron chi connectivity index (χ0n) is 16.1. The third-order valence-electron chi connectivity index (χ3n) is 4.68. The van der Waals surface area contributed by atoms with Gasteiger partial charge >= 0.3 is 0 Å². The number of hydrogen-bond acceptors (Lipinski definition) is 6. The van der Waals surface area contributed by atoms with Crippen LogP contribution in [0.5, 0.6) is 0 Å². The second-order valence-corrected chi connectivity index (χ2v) is 7.81. The van der Waals surface area contributed by atoms with E-state index in [-0.39, 0.29) is 11.9 Å². The Morgan fingerprint density at radius 3 is 2.25 bits per heavy atom. The number of para-hydroxylation sites is 1. The summed E-state index contributed by atoms with van der Waals surface area (Å²) in [6.07, 6.45) is -0.202. The van der Waals surface area contributed by atoms with Gasteiger partial charge in [-0.25, -0.2) is 5.01 Å². The molecule has 3 aromatic rings. The van der Waals surface area contributed by atoms with Crippen LogP contribution in [0.25, 0.3) is 0 Å². The van der Waals surface area contributed by atoms with Gasteiger partial charge in [-0.15, -0.1) is 16.4 Å². The molecule has 28 heavy (non-hydrogen) atoms. The topological polar surface area (TPSA) is 39.2 Å². The van der Waals surface area contributed by atoms with Crippen LogP contribution in [0.4, 0.5) is 17.1 Å². The minimum absolute atomic E-state index is 0.0586. The Morgan fingerprint density at radius 1 is 0.964 bits per heavy atom. The van der Waals surface area contributed by atoms with E-state index >= 15 is 0 Å². The molecule has 0 spiro atoms. The molecule has 5 nitrogen and oxygen atoms in total. The van der Waals surface area contributed by atoms with Crippen molar-refractivity contribution >= 4 is 40.0 Å². The molecule has 0 saturated heterocycles. The van der Waals surface area contributed by atoms with E-state index in [2.05, 4.69) is 28.5 Å². The Morgan fingerprint density at radius 2 is 1.68 bits per heavy atom. The molecule has 4 rings (SSSR count). The highest BCUT2D eigenvalue weighted by molar-refractivity contribution is 7.10. The smallest absolute Gasteiger partial charge is 0.198 e. The number of amidine groups is 1.